The number of nitrogens with one attached hydrogen (secondary N) is 1. The fourth-order valence-corrected chi connectivity index (χ4v) is 1.06. The highest BCUT2D eigenvalue weighted by Crippen LogP contribution is 2.03. The van der Waals surface area contributed by atoms with Gasteiger partial charge in [-0.25, -0.2) is 0 Å². The third-order valence-corrected chi connectivity index (χ3v) is 2.23. The minimum Gasteiger partial charge on any atom is -0.394 e. The molecule has 0 fully saturated rings. The zero-order valence-corrected chi connectivity index (χ0v) is 8.94. The molecule has 15 heavy (non-hydrogen) atoms. The summed E-state index contributed by atoms with van der Waals surface area (Å²) in [7, 11) is 0. The van der Waals surface area contributed by atoms with Gasteiger partial charge < -0.3 is 26.4 Å². The third kappa shape index (κ3) is 4.13. The predicted molar refractivity (Wildman–Crippen MR) is 55.0 cm³/mol. The molecule has 6 N–H and O–H groups in total. The minimum atomic E-state index is -1.39. The fraction of sp³-hybridized carbons (Fsp3) is 0.889. The largest absolute Gasteiger partial charge is 0.394 e. The highest BCUT2D eigenvalue weighted by molar-refractivity contribution is 5.82. The number of hydrogen-bond donors (Lipinski definition) is 5. The number of aliphatic hydroxyl groups is 3. The first-order valence-corrected chi connectivity index (χ1v) is 4.95. The molecule has 1 amide bonds. The van der Waals surface area contributed by atoms with E-state index in [2.05, 4.69) is 5.32 Å². The zero-order valence-electron chi connectivity index (χ0n) is 8.94. The SMILES string of the molecule is CCCC(N)C(=O)NC(CO)(CO)CO. The van der Waals surface area contributed by atoms with Crippen LogP contribution < -0.4 is 11.1 Å². The second kappa shape index (κ2) is 6.73. The number of amides is 1. The van der Waals surface area contributed by atoms with E-state index in [-0.39, 0.29) is 0 Å². The van der Waals surface area contributed by atoms with Gasteiger partial charge in [-0.1, -0.05) is 13.3 Å². The summed E-state index contributed by atoms with van der Waals surface area (Å²) < 4.78 is 0. The summed E-state index contributed by atoms with van der Waals surface area (Å²) in [5.74, 6) is -0.478. The van der Waals surface area contributed by atoms with Crippen LogP contribution in [0.15, 0.2) is 0 Å². The first-order chi connectivity index (χ1) is 7.05. The van der Waals surface area contributed by atoms with Crippen molar-refractivity contribution in [3.63, 3.8) is 0 Å². The van der Waals surface area contributed by atoms with Gasteiger partial charge in [0, 0.05) is 0 Å². The molecule has 1 atom stereocenters. The molecule has 0 aromatic carbocycles. The molecule has 0 rings (SSSR count). The van der Waals surface area contributed by atoms with Crippen molar-refractivity contribution < 1.29 is 20.1 Å². The molecule has 0 saturated heterocycles. The predicted octanol–water partition coefficient (Wildman–Crippen LogP) is -2.05. The molecule has 0 aliphatic rings. The normalized spacial score (nSPS) is 13.7. The molecule has 0 aromatic heterocycles. The van der Waals surface area contributed by atoms with Crippen LogP contribution in [0.3, 0.4) is 0 Å². The molecule has 6 nitrogen and oxygen atoms in total. The maximum absolute atomic E-state index is 11.5. The summed E-state index contributed by atoms with van der Waals surface area (Å²) >= 11 is 0. The number of hydrogen-bond acceptors (Lipinski definition) is 5. The second-order valence-electron chi connectivity index (χ2n) is 3.64. The van der Waals surface area contributed by atoms with Gasteiger partial charge in [0.05, 0.1) is 25.9 Å². The molecular weight excluding hydrogens is 200 g/mol. The van der Waals surface area contributed by atoms with Gasteiger partial charge in [0.1, 0.15) is 5.54 Å². The first kappa shape index (κ1) is 14.3. The maximum atomic E-state index is 11.5. The van der Waals surface area contributed by atoms with E-state index in [1.807, 2.05) is 6.92 Å². The van der Waals surface area contributed by atoms with Crippen molar-refractivity contribution in [3.8, 4) is 0 Å². The van der Waals surface area contributed by atoms with E-state index < -0.39 is 37.3 Å². The van der Waals surface area contributed by atoms with E-state index in [9.17, 15) is 4.79 Å². The molecule has 6 heteroatoms. The van der Waals surface area contributed by atoms with E-state index in [0.717, 1.165) is 6.42 Å². The molecule has 0 radical (unpaired) electrons. The molecule has 0 spiro atoms. The fourth-order valence-electron chi connectivity index (χ4n) is 1.06. The summed E-state index contributed by atoms with van der Waals surface area (Å²) in [5.41, 5.74) is 4.16. The van der Waals surface area contributed by atoms with E-state index in [1.165, 1.54) is 0 Å². The van der Waals surface area contributed by atoms with Crippen molar-refractivity contribution >= 4 is 5.91 Å². The van der Waals surface area contributed by atoms with E-state index in [1.54, 1.807) is 0 Å². The van der Waals surface area contributed by atoms with Gasteiger partial charge in [0.25, 0.3) is 0 Å². The third-order valence-electron chi connectivity index (χ3n) is 2.23. The summed E-state index contributed by atoms with van der Waals surface area (Å²) in [6, 6.07) is -0.681. The lowest BCUT2D eigenvalue weighted by Gasteiger charge is -2.29. The van der Waals surface area contributed by atoms with E-state index in [4.69, 9.17) is 21.1 Å². The number of carbonyl (C=O) groups excluding carboxylic acids is 1. The Morgan fingerprint density at radius 3 is 2.13 bits per heavy atom. The molecule has 0 aliphatic carbocycles. The van der Waals surface area contributed by atoms with E-state index in [0.29, 0.717) is 6.42 Å². The summed E-state index contributed by atoms with van der Waals surface area (Å²) in [6.45, 7) is 0.282. The van der Waals surface area contributed by atoms with Crippen LogP contribution >= 0.6 is 0 Å². The van der Waals surface area contributed by atoms with Crippen molar-refractivity contribution in [1.82, 2.24) is 5.32 Å². The average molecular weight is 220 g/mol. The van der Waals surface area contributed by atoms with Crippen LogP contribution in [0.25, 0.3) is 0 Å². The average Bonchev–Trinajstić information content (AvgIpc) is 2.26. The van der Waals surface area contributed by atoms with Crippen LogP contribution in [0.4, 0.5) is 0 Å². The highest BCUT2D eigenvalue weighted by atomic mass is 16.3. The van der Waals surface area contributed by atoms with Crippen LogP contribution in [-0.2, 0) is 4.79 Å². The number of carbonyl (C=O) groups is 1. The zero-order chi connectivity index (χ0) is 11.9. The van der Waals surface area contributed by atoms with Crippen molar-refractivity contribution in [2.75, 3.05) is 19.8 Å². The molecular formula is C9H20N2O4. The van der Waals surface area contributed by atoms with E-state index >= 15 is 0 Å². The van der Waals surface area contributed by atoms with Crippen molar-refractivity contribution in [2.45, 2.75) is 31.3 Å². The Balaban J connectivity index is 4.34. The summed E-state index contributed by atoms with van der Waals surface area (Å²) in [6.07, 6.45) is 1.28. The van der Waals surface area contributed by atoms with Gasteiger partial charge in [-0.3, -0.25) is 4.79 Å². The number of rotatable bonds is 7. The Bertz CT molecular complexity index is 186. The van der Waals surface area contributed by atoms with Crippen molar-refractivity contribution in [3.05, 3.63) is 0 Å². The van der Waals surface area contributed by atoms with Gasteiger partial charge in [-0.05, 0) is 6.42 Å². The Morgan fingerprint density at radius 1 is 1.33 bits per heavy atom. The van der Waals surface area contributed by atoms with Crippen molar-refractivity contribution in [1.29, 1.82) is 0 Å². The molecule has 0 aliphatic heterocycles. The maximum Gasteiger partial charge on any atom is 0.237 e. The highest BCUT2D eigenvalue weighted by Gasteiger charge is 2.31. The quantitative estimate of drug-likeness (QED) is 0.338. The second-order valence-corrected chi connectivity index (χ2v) is 3.64. The van der Waals surface area contributed by atoms with Gasteiger partial charge in [-0.2, -0.15) is 0 Å². The molecule has 1 unspecified atom stereocenters. The smallest absolute Gasteiger partial charge is 0.237 e. The lowest BCUT2D eigenvalue weighted by atomic mass is 10.0. The van der Waals surface area contributed by atoms with Gasteiger partial charge in [-0.15, -0.1) is 0 Å². The lowest BCUT2D eigenvalue weighted by molar-refractivity contribution is -0.126. The van der Waals surface area contributed by atoms with Crippen LogP contribution in [0, 0.1) is 0 Å². The topological polar surface area (TPSA) is 116 Å². The van der Waals surface area contributed by atoms with Crippen LogP contribution in [-0.4, -0.2) is 52.6 Å². The monoisotopic (exact) mass is 220 g/mol. The summed E-state index contributed by atoms with van der Waals surface area (Å²) in [4.78, 5) is 11.5. The number of aliphatic hydroxyl groups excluding tert-OH is 3. The molecule has 0 aromatic rings. The van der Waals surface area contributed by atoms with Gasteiger partial charge >= 0.3 is 0 Å². The Labute approximate surface area is 89.1 Å². The lowest BCUT2D eigenvalue weighted by Crippen LogP contribution is -2.60. The Hall–Kier alpha value is -0.690. The first-order valence-electron chi connectivity index (χ1n) is 4.95. The van der Waals surface area contributed by atoms with Crippen LogP contribution in [0.5, 0.6) is 0 Å². The van der Waals surface area contributed by atoms with Crippen LogP contribution in [0.2, 0.25) is 0 Å². The Morgan fingerprint density at radius 2 is 1.80 bits per heavy atom. The molecule has 0 bridgehead atoms. The Kier molecular flexibility index (Phi) is 6.42. The molecule has 0 saturated carbocycles. The standard InChI is InChI=1S/C9H20N2O4/c1-2-3-7(10)8(15)11-9(4-12,5-13)6-14/h7,12-14H,2-6,10H2,1H3,(H,11,15). The minimum absolute atomic E-state index is 0.478. The summed E-state index contributed by atoms with van der Waals surface area (Å²) in [5, 5.41) is 29.2. The number of nitrogens with two attached hydrogens (primary N) is 1. The van der Waals surface area contributed by atoms with Gasteiger partial charge in [0.15, 0.2) is 0 Å². The van der Waals surface area contributed by atoms with Crippen LogP contribution in [0.1, 0.15) is 19.8 Å². The van der Waals surface area contributed by atoms with Gasteiger partial charge in [0.2, 0.25) is 5.91 Å². The molecule has 90 valence electrons. The van der Waals surface area contributed by atoms with Crippen molar-refractivity contribution in [2.24, 2.45) is 5.73 Å². The molecule has 0 heterocycles.